The Kier molecular flexibility index (Phi) is 14.5. The van der Waals surface area contributed by atoms with Crippen molar-refractivity contribution < 1.29 is 32.6 Å². The van der Waals surface area contributed by atoms with Crippen LogP contribution in [0.15, 0.2) is 53.4 Å². The first-order chi connectivity index (χ1) is 21.8. The predicted octanol–water partition coefficient (Wildman–Crippen LogP) is 4.08. The number of hydrogen-bond donors (Lipinski definition) is 2. The first-order valence-electron chi connectivity index (χ1n) is 16.1. The molecule has 2 aromatic rings. The minimum atomic E-state index is -3.76. The topological polar surface area (TPSA) is 129 Å². The number of rotatable bonds is 11. The van der Waals surface area contributed by atoms with Gasteiger partial charge in [-0.15, -0.1) is 0 Å². The zero-order chi connectivity index (χ0) is 33.9. The van der Waals surface area contributed by atoms with Crippen LogP contribution in [-0.4, -0.2) is 112 Å². The van der Waals surface area contributed by atoms with Crippen molar-refractivity contribution in [2.45, 2.75) is 76.0 Å². The number of fused-ring (bicyclic) bond motifs is 1. The Morgan fingerprint density at radius 3 is 2.50 bits per heavy atom. The number of nitrogens with one attached hydrogen (secondary N) is 1. The summed E-state index contributed by atoms with van der Waals surface area (Å²) in [5.74, 6) is -0.393. The summed E-state index contributed by atoms with van der Waals surface area (Å²) in [5, 5.41) is 13.1. The third kappa shape index (κ3) is 10.8. The number of sulfonamides is 1. The molecule has 0 fully saturated rings. The molecule has 2 aromatic carbocycles. The molecule has 1 heterocycles. The van der Waals surface area contributed by atoms with Gasteiger partial charge in [0.2, 0.25) is 15.9 Å². The smallest absolute Gasteiger partial charge is 0.258 e. The molecule has 4 atom stereocenters. The van der Waals surface area contributed by atoms with Crippen molar-refractivity contribution in [1.29, 1.82) is 0 Å². The molecular weight excluding hydrogens is 608 g/mol. The number of likely N-dealkylation sites (N-methyl/N-ethyl adjacent to an activating group) is 1. The molecule has 0 saturated carbocycles. The maximum absolute atomic E-state index is 14.3. The molecule has 11 nitrogen and oxygen atoms in total. The van der Waals surface area contributed by atoms with Gasteiger partial charge in [0, 0.05) is 44.8 Å². The van der Waals surface area contributed by atoms with Crippen molar-refractivity contribution >= 4 is 27.5 Å². The van der Waals surface area contributed by atoms with Crippen LogP contribution < -0.4 is 10.1 Å². The average Bonchev–Trinajstić information content (AvgIpc) is 3.02. The summed E-state index contributed by atoms with van der Waals surface area (Å²) in [5.41, 5.74) is 0.765. The number of carbonyl (C=O) groups excluding carboxylic acids is 2. The van der Waals surface area contributed by atoms with Crippen molar-refractivity contribution in [3.63, 3.8) is 0 Å². The van der Waals surface area contributed by atoms with Gasteiger partial charge in [0.15, 0.2) is 0 Å². The van der Waals surface area contributed by atoms with E-state index in [4.69, 9.17) is 9.47 Å². The maximum atomic E-state index is 14.3. The zero-order valence-corrected chi connectivity index (χ0v) is 29.0. The van der Waals surface area contributed by atoms with Crippen LogP contribution in [-0.2, 0) is 19.6 Å². The fourth-order valence-corrected chi connectivity index (χ4v) is 6.57. The van der Waals surface area contributed by atoms with Gasteiger partial charge in [-0.2, -0.15) is 4.31 Å². The summed E-state index contributed by atoms with van der Waals surface area (Å²) in [7, 11) is 1.69. The molecule has 0 radical (unpaired) electrons. The van der Waals surface area contributed by atoms with Crippen LogP contribution in [0.1, 0.15) is 63.2 Å². The number of amides is 2. The summed E-state index contributed by atoms with van der Waals surface area (Å²) in [4.78, 5) is 30.7. The second-order valence-corrected chi connectivity index (χ2v) is 14.6. The Morgan fingerprint density at radius 2 is 1.83 bits per heavy atom. The highest BCUT2D eigenvalue weighted by molar-refractivity contribution is 7.89. The van der Waals surface area contributed by atoms with Crippen LogP contribution in [0.2, 0.25) is 0 Å². The third-order valence-electron chi connectivity index (χ3n) is 8.23. The highest BCUT2D eigenvalue weighted by atomic mass is 32.2. The molecule has 256 valence electrons. The fourth-order valence-electron chi connectivity index (χ4n) is 5.37. The SMILES string of the molecule is C[C@@H]1CCCCO[C@@H](CN(C)S(=O)(=O)c2ccccc2)[C@@H](C)CN([C@@H](C)CO)C(=O)c2cc(NC(=O)CCCN(C)C)ccc2O1. The maximum Gasteiger partial charge on any atom is 0.258 e. The van der Waals surface area contributed by atoms with Gasteiger partial charge in [-0.3, -0.25) is 9.59 Å². The Balaban J connectivity index is 1.92. The lowest BCUT2D eigenvalue weighted by molar-refractivity contribution is -0.116. The second kappa shape index (κ2) is 17.8. The molecule has 2 N–H and O–H groups in total. The summed E-state index contributed by atoms with van der Waals surface area (Å²) < 4.78 is 40.6. The molecule has 0 saturated heterocycles. The monoisotopic (exact) mass is 660 g/mol. The average molecular weight is 661 g/mol. The molecule has 12 heteroatoms. The van der Waals surface area contributed by atoms with E-state index in [2.05, 4.69) is 5.32 Å². The van der Waals surface area contributed by atoms with E-state index in [1.807, 2.05) is 32.8 Å². The van der Waals surface area contributed by atoms with Gasteiger partial charge in [0.05, 0.1) is 35.3 Å². The number of ether oxygens (including phenoxy) is 2. The number of aliphatic hydroxyl groups is 1. The molecular formula is C34H52N4O7S. The highest BCUT2D eigenvalue weighted by Crippen LogP contribution is 2.29. The van der Waals surface area contributed by atoms with Gasteiger partial charge in [-0.25, -0.2) is 8.42 Å². The molecule has 2 amide bonds. The van der Waals surface area contributed by atoms with Crippen LogP contribution in [0.3, 0.4) is 0 Å². The molecule has 0 bridgehead atoms. The number of aliphatic hydroxyl groups excluding tert-OH is 1. The van der Waals surface area contributed by atoms with Gasteiger partial charge in [0.25, 0.3) is 5.91 Å². The van der Waals surface area contributed by atoms with E-state index in [9.17, 15) is 23.1 Å². The number of anilines is 1. The van der Waals surface area contributed by atoms with E-state index in [0.717, 1.165) is 25.8 Å². The molecule has 46 heavy (non-hydrogen) atoms. The van der Waals surface area contributed by atoms with Gasteiger partial charge in [-0.1, -0.05) is 25.1 Å². The van der Waals surface area contributed by atoms with Crippen molar-refractivity contribution in [3.8, 4) is 5.75 Å². The fraction of sp³-hybridized carbons (Fsp3) is 0.588. The first kappa shape index (κ1) is 37.4. The van der Waals surface area contributed by atoms with E-state index in [1.54, 1.807) is 60.4 Å². The summed E-state index contributed by atoms with van der Waals surface area (Å²) in [6.45, 7) is 6.85. The standard InChI is InChI=1S/C34H52N4O7S/c1-25-22-38(26(2)24-39)34(41)30-21-28(35-33(40)16-12-19-36(4)5)17-18-31(30)45-27(3)13-10-11-20-44-32(25)23-37(6)46(42,43)29-14-8-7-9-15-29/h7-9,14-15,17-18,21,25-27,32,39H,10-13,16,19-20,22-24H2,1-6H3,(H,35,40)/t25-,26-,27+,32-/m0/s1. The quantitative estimate of drug-likeness (QED) is 0.369. The predicted molar refractivity (Wildman–Crippen MR) is 180 cm³/mol. The number of carbonyl (C=O) groups is 2. The molecule has 1 aliphatic rings. The first-order valence-corrected chi connectivity index (χ1v) is 17.6. The highest BCUT2D eigenvalue weighted by Gasteiger charge is 2.32. The Hall–Kier alpha value is -3.03. The van der Waals surface area contributed by atoms with Crippen LogP contribution in [0.5, 0.6) is 5.75 Å². The van der Waals surface area contributed by atoms with E-state index in [1.165, 1.54) is 11.4 Å². The Bertz CT molecular complexity index is 1370. The third-order valence-corrected chi connectivity index (χ3v) is 10.1. The minimum absolute atomic E-state index is 0.0913. The molecule has 0 aliphatic carbocycles. The zero-order valence-electron chi connectivity index (χ0n) is 28.1. The van der Waals surface area contributed by atoms with E-state index >= 15 is 0 Å². The van der Waals surface area contributed by atoms with Crippen molar-refractivity contribution in [2.75, 3.05) is 59.3 Å². The Morgan fingerprint density at radius 1 is 1.11 bits per heavy atom. The van der Waals surface area contributed by atoms with Crippen LogP contribution in [0.4, 0.5) is 5.69 Å². The molecule has 0 aromatic heterocycles. The van der Waals surface area contributed by atoms with Gasteiger partial charge < -0.3 is 29.7 Å². The van der Waals surface area contributed by atoms with Crippen LogP contribution in [0, 0.1) is 5.92 Å². The lowest BCUT2D eigenvalue weighted by atomic mass is 10.0. The lowest BCUT2D eigenvalue weighted by Crippen LogP contribution is -2.48. The second-order valence-electron chi connectivity index (χ2n) is 12.6. The van der Waals surface area contributed by atoms with Crippen molar-refractivity contribution in [3.05, 3.63) is 54.1 Å². The Labute approximate surface area is 274 Å². The molecule has 0 spiro atoms. The molecule has 3 rings (SSSR count). The summed E-state index contributed by atoms with van der Waals surface area (Å²) >= 11 is 0. The van der Waals surface area contributed by atoms with Crippen molar-refractivity contribution in [1.82, 2.24) is 14.1 Å². The van der Waals surface area contributed by atoms with E-state index < -0.39 is 22.2 Å². The minimum Gasteiger partial charge on any atom is -0.490 e. The van der Waals surface area contributed by atoms with Gasteiger partial charge in [-0.05, 0) is 90.5 Å². The lowest BCUT2D eigenvalue weighted by Gasteiger charge is -2.35. The molecule has 1 aliphatic heterocycles. The summed E-state index contributed by atoms with van der Waals surface area (Å²) in [6.07, 6.45) is 2.63. The van der Waals surface area contributed by atoms with Crippen molar-refractivity contribution in [2.24, 2.45) is 5.92 Å². The van der Waals surface area contributed by atoms with Gasteiger partial charge >= 0.3 is 0 Å². The van der Waals surface area contributed by atoms with Gasteiger partial charge in [0.1, 0.15) is 5.75 Å². The molecule has 0 unspecified atom stereocenters. The number of hydrogen-bond acceptors (Lipinski definition) is 8. The number of nitrogens with zero attached hydrogens (tertiary/aromatic N) is 3. The largest absolute Gasteiger partial charge is 0.490 e. The van der Waals surface area contributed by atoms with Crippen LogP contribution in [0.25, 0.3) is 0 Å². The normalized spacial score (nSPS) is 20.9. The van der Waals surface area contributed by atoms with E-state index in [0.29, 0.717) is 30.9 Å². The van der Waals surface area contributed by atoms with Crippen LogP contribution >= 0.6 is 0 Å². The van der Waals surface area contributed by atoms with E-state index in [-0.39, 0.29) is 54.0 Å². The summed E-state index contributed by atoms with van der Waals surface area (Å²) in [6, 6.07) is 12.8. The number of benzene rings is 2.